The zero-order valence-electron chi connectivity index (χ0n) is 10.4. The van der Waals surface area contributed by atoms with Crippen LogP contribution >= 0.6 is 0 Å². The average molecular weight is 251 g/mol. The van der Waals surface area contributed by atoms with Gasteiger partial charge in [0.05, 0.1) is 18.5 Å². The summed E-state index contributed by atoms with van der Waals surface area (Å²) in [4.78, 5) is 25.9. The Kier molecular flexibility index (Phi) is 2.88. The molecule has 0 saturated heterocycles. The van der Waals surface area contributed by atoms with Crippen LogP contribution in [0.25, 0.3) is 0 Å². The standard InChI is InChI=1S/C16H13NO2/c18-15-10-12-6-4-5-7-13(12)11-16(19)17(15)14-8-2-1-3-9-14/h1-9H,10-11H2. The molecular weight excluding hydrogens is 238 g/mol. The highest BCUT2D eigenvalue weighted by Gasteiger charge is 2.27. The summed E-state index contributed by atoms with van der Waals surface area (Å²) in [5.41, 5.74) is 2.53. The molecule has 0 aliphatic carbocycles. The summed E-state index contributed by atoms with van der Waals surface area (Å²) in [6.45, 7) is 0. The zero-order chi connectivity index (χ0) is 13.2. The van der Waals surface area contributed by atoms with Crippen molar-refractivity contribution in [2.75, 3.05) is 4.90 Å². The maximum absolute atomic E-state index is 12.3. The first-order chi connectivity index (χ1) is 9.25. The summed E-state index contributed by atoms with van der Waals surface area (Å²) >= 11 is 0. The SMILES string of the molecule is O=C1Cc2ccccc2CC(=O)N1c1ccccc1. The molecule has 3 nitrogen and oxygen atoms in total. The summed E-state index contributed by atoms with van der Waals surface area (Å²) in [6, 6.07) is 16.7. The van der Waals surface area contributed by atoms with E-state index in [0.717, 1.165) is 11.1 Å². The summed E-state index contributed by atoms with van der Waals surface area (Å²) < 4.78 is 0. The molecule has 0 spiro atoms. The van der Waals surface area contributed by atoms with Crippen molar-refractivity contribution < 1.29 is 9.59 Å². The number of para-hydroxylation sites is 1. The van der Waals surface area contributed by atoms with Crippen LogP contribution < -0.4 is 4.90 Å². The minimum absolute atomic E-state index is 0.166. The lowest BCUT2D eigenvalue weighted by molar-refractivity contribution is -0.125. The summed E-state index contributed by atoms with van der Waals surface area (Å²) in [6.07, 6.45) is 0.549. The van der Waals surface area contributed by atoms with Gasteiger partial charge in [0.15, 0.2) is 0 Å². The Labute approximate surface area is 111 Å². The molecule has 19 heavy (non-hydrogen) atoms. The lowest BCUT2D eigenvalue weighted by Gasteiger charge is -2.18. The maximum atomic E-state index is 12.3. The molecule has 0 bridgehead atoms. The second kappa shape index (κ2) is 4.69. The third kappa shape index (κ3) is 2.15. The van der Waals surface area contributed by atoms with Crippen molar-refractivity contribution in [3.63, 3.8) is 0 Å². The number of imide groups is 1. The number of fused-ring (bicyclic) bond motifs is 1. The van der Waals surface area contributed by atoms with Gasteiger partial charge in [-0.2, -0.15) is 0 Å². The average Bonchev–Trinajstić information content (AvgIpc) is 2.54. The van der Waals surface area contributed by atoms with Gasteiger partial charge < -0.3 is 0 Å². The number of rotatable bonds is 1. The molecule has 2 aromatic rings. The van der Waals surface area contributed by atoms with Gasteiger partial charge in [-0.3, -0.25) is 14.5 Å². The smallest absolute Gasteiger partial charge is 0.238 e. The van der Waals surface area contributed by atoms with Crippen molar-refractivity contribution in [3.05, 3.63) is 65.7 Å². The molecule has 1 heterocycles. The van der Waals surface area contributed by atoms with E-state index in [4.69, 9.17) is 0 Å². The van der Waals surface area contributed by atoms with Gasteiger partial charge in [-0.1, -0.05) is 42.5 Å². The van der Waals surface area contributed by atoms with Gasteiger partial charge in [-0.05, 0) is 23.3 Å². The van der Waals surface area contributed by atoms with E-state index in [2.05, 4.69) is 0 Å². The number of carbonyl (C=O) groups is 2. The van der Waals surface area contributed by atoms with Gasteiger partial charge in [0.25, 0.3) is 0 Å². The molecule has 94 valence electrons. The van der Waals surface area contributed by atoms with Gasteiger partial charge in [0, 0.05) is 0 Å². The van der Waals surface area contributed by atoms with Crippen molar-refractivity contribution in [2.45, 2.75) is 12.8 Å². The van der Waals surface area contributed by atoms with Gasteiger partial charge in [0.2, 0.25) is 11.8 Å². The van der Waals surface area contributed by atoms with Crippen molar-refractivity contribution >= 4 is 17.5 Å². The van der Waals surface area contributed by atoms with E-state index in [0.29, 0.717) is 5.69 Å². The quantitative estimate of drug-likeness (QED) is 0.729. The van der Waals surface area contributed by atoms with Crippen LogP contribution in [0.3, 0.4) is 0 Å². The van der Waals surface area contributed by atoms with E-state index in [1.807, 2.05) is 42.5 Å². The second-order valence-corrected chi connectivity index (χ2v) is 4.58. The highest BCUT2D eigenvalue weighted by Crippen LogP contribution is 2.22. The molecule has 0 fully saturated rings. The Morgan fingerprint density at radius 3 is 1.68 bits per heavy atom. The van der Waals surface area contributed by atoms with Crippen LogP contribution in [0, 0.1) is 0 Å². The van der Waals surface area contributed by atoms with Crippen molar-refractivity contribution in [1.82, 2.24) is 0 Å². The Morgan fingerprint density at radius 1 is 0.684 bits per heavy atom. The molecule has 2 aromatic carbocycles. The summed E-state index contributed by atoms with van der Waals surface area (Å²) in [5, 5.41) is 0. The summed E-state index contributed by atoms with van der Waals surface area (Å²) in [5.74, 6) is -0.331. The fourth-order valence-corrected chi connectivity index (χ4v) is 2.39. The third-order valence-electron chi connectivity index (χ3n) is 3.31. The Bertz CT molecular complexity index is 597. The van der Waals surface area contributed by atoms with Crippen LogP contribution in [0.4, 0.5) is 5.69 Å². The van der Waals surface area contributed by atoms with Gasteiger partial charge >= 0.3 is 0 Å². The lowest BCUT2D eigenvalue weighted by atomic mass is 10.0. The minimum Gasteiger partial charge on any atom is -0.274 e. The van der Waals surface area contributed by atoms with Crippen LogP contribution in [0.15, 0.2) is 54.6 Å². The largest absolute Gasteiger partial charge is 0.274 e. The van der Waals surface area contributed by atoms with Crippen molar-refractivity contribution in [2.24, 2.45) is 0 Å². The van der Waals surface area contributed by atoms with Crippen LogP contribution in [-0.4, -0.2) is 11.8 Å². The fraction of sp³-hybridized carbons (Fsp3) is 0.125. The topological polar surface area (TPSA) is 37.4 Å². The molecule has 3 heteroatoms. The van der Waals surface area contributed by atoms with E-state index in [9.17, 15) is 9.59 Å². The Hall–Kier alpha value is -2.42. The lowest BCUT2D eigenvalue weighted by Crippen LogP contribution is -2.37. The van der Waals surface area contributed by atoms with Crippen molar-refractivity contribution in [1.29, 1.82) is 0 Å². The van der Waals surface area contributed by atoms with E-state index in [1.165, 1.54) is 4.90 Å². The van der Waals surface area contributed by atoms with E-state index >= 15 is 0 Å². The van der Waals surface area contributed by atoms with Crippen LogP contribution in [-0.2, 0) is 22.4 Å². The number of hydrogen-bond donors (Lipinski definition) is 0. The van der Waals surface area contributed by atoms with Gasteiger partial charge in [0.1, 0.15) is 0 Å². The van der Waals surface area contributed by atoms with E-state index in [-0.39, 0.29) is 24.7 Å². The van der Waals surface area contributed by atoms with Crippen LogP contribution in [0.1, 0.15) is 11.1 Å². The number of carbonyl (C=O) groups excluding carboxylic acids is 2. The fourth-order valence-electron chi connectivity index (χ4n) is 2.39. The van der Waals surface area contributed by atoms with Crippen LogP contribution in [0.5, 0.6) is 0 Å². The van der Waals surface area contributed by atoms with Gasteiger partial charge in [-0.25, -0.2) is 0 Å². The number of hydrogen-bond acceptors (Lipinski definition) is 2. The van der Waals surface area contributed by atoms with Crippen molar-refractivity contribution in [3.8, 4) is 0 Å². The monoisotopic (exact) mass is 251 g/mol. The number of benzene rings is 2. The molecule has 1 aliphatic heterocycles. The van der Waals surface area contributed by atoms with Gasteiger partial charge in [-0.15, -0.1) is 0 Å². The molecule has 0 atom stereocenters. The molecular formula is C16H13NO2. The highest BCUT2D eigenvalue weighted by molar-refractivity contribution is 6.16. The molecule has 0 N–H and O–H groups in total. The zero-order valence-corrected chi connectivity index (χ0v) is 10.4. The minimum atomic E-state index is -0.166. The Morgan fingerprint density at radius 2 is 1.16 bits per heavy atom. The number of anilines is 1. The van der Waals surface area contributed by atoms with Crippen LogP contribution in [0.2, 0.25) is 0 Å². The molecule has 0 unspecified atom stereocenters. The Balaban J connectivity index is 2.02. The predicted molar refractivity (Wildman–Crippen MR) is 72.8 cm³/mol. The van der Waals surface area contributed by atoms with E-state index in [1.54, 1.807) is 12.1 Å². The number of nitrogens with zero attached hydrogens (tertiary/aromatic N) is 1. The molecule has 0 saturated carbocycles. The number of amides is 2. The predicted octanol–water partition coefficient (Wildman–Crippen LogP) is 2.35. The highest BCUT2D eigenvalue weighted by atomic mass is 16.2. The first-order valence-corrected chi connectivity index (χ1v) is 6.23. The normalized spacial score (nSPS) is 15.1. The molecule has 2 amide bonds. The summed E-state index contributed by atoms with van der Waals surface area (Å²) in [7, 11) is 0. The second-order valence-electron chi connectivity index (χ2n) is 4.58. The molecule has 0 aromatic heterocycles. The molecule has 1 aliphatic rings. The molecule has 3 rings (SSSR count). The first-order valence-electron chi connectivity index (χ1n) is 6.23. The third-order valence-corrected chi connectivity index (χ3v) is 3.31. The van der Waals surface area contributed by atoms with E-state index < -0.39 is 0 Å². The first kappa shape index (κ1) is 11.7. The molecule has 0 radical (unpaired) electrons. The maximum Gasteiger partial charge on any atom is 0.238 e.